The molecule has 0 unspecified atom stereocenters. The SMILES string of the molecule is NS(=O)(=O)[C@@H]1CCCN1. The molecule has 0 aliphatic carbocycles. The van der Waals surface area contributed by atoms with Crippen LogP contribution in [0.25, 0.3) is 0 Å². The molecule has 0 saturated carbocycles. The third-order valence-electron chi connectivity index (χ3n) is 1.41. The summed E-state index contributed by atoms with van der Waals surface area (Å²) >= 11 is 0. The molecule has 3 N–H and O–H groups in total. The van der Waals surface area contributed by atoms with E-state index in [1.54, 1.807) is 0 Å². The summed E-state index contributed by atoms with van der Waals surface area (Å²) in [5.74, 6) is 0. The van der Waals surface area contributed by atoms with Gasteiger partial charge in [-0.3, -0.25) is 0 Å². The highest BCUT2D eigenvalue weighted by molar-refractivity contribution is 7.89. The molecular weight excluding hydrogens is 140 g/mol. The third-order valence-corrected chi connectivity index (χ3v) is 2.61. The van der Waals surface area contributed by atoms with Crippen LogP contribution in [-0.2, 0) is 10.0 Å². The van der Waals surface area contributed by atoms with Gasteiger partial charge in [0.2, 0.25) is 10.0 Å². The van der Waals surface area contributed by atoms with Crippen molar-refractivity contribution in [2.75, 3.05) is 6.54 Å². The molecule has 1 aliphatic rings. The molecule has 1 heterocycles. The van der Waals surface area contributed by atoms with E-state index in [2.05, 4.69) is 5.32 Å². The second-order valence-electron chi connectivity index (χ2n) is 2.17. The lowest BCUT2D eigenvalue weighted by atomic mass is 10.4. The summed E-state index contributed by atoms with van der Waals surface area (Å²) in [5, 5.41) is 7.15. The van der Waals surface area contributed by atoms with Crippen molar-refractivity contribution >= 4 is 10.0 Å². The zero-order chi connectivity index (χ0) is 6.91. The second kappa shape index (κ2) is 2.24. The monoisotopic (exact) mass is 150 g/mol. The molecule has 0 amide bonds. The van der Waals surface area contributed by atoms with Crippen molar-refractivity contribution in [3.8, 4) is 0 Å². The number of rotatable bonds is 1. The summed E-state index contributed by atoms with van der Waals surface area (Å²) in [6.07, 6.45) is 1.56. The third kappa shape index (κ3) is 1.64. The molecule has 1 rings (SSSR count). The maximum atomic E-state index is 10.5. The molecule has 4 nitrogen and oxygen atoms in total. The minimum absolute atomic E-state index is 0.488. The molecule has 0 bridgehead atoms. The van der Waals surface area contributed by atoms with Gasteiger partial charge in [0.25, 0.3) is 0 Å². The first-order valence-electron chi connectivity index (χ1n) is 2.86. The van der Waals surface area contributed by atoms with Crippen molar-refractivity contribution in [3.05, 3.63) is 0 Å². The molecule has 0 aromatic carbocycles. The van der Waals surface area contributed by atoms with Crippen molar-refractivity contribution < 1.29 is 8.42 Å². The molecule has 5 heteroatoms. The zero-order valence-electron chi connectivity index (χ0n) is 5.00. The Kier molecular flexibility index (Phi) is 1.74. The first kappa shape index (κ1) is 6.98. The van der Waals surface area contributed by atoms with E-state index in [0.29, 0.717) is 6.42 Å². The van der Waals surface area contributed by atoms with Gasteiger partial charge in [-0.1, -0.05) is 0 Å². The van der Waals surface area contributed by atoms with Crippen LogP contribution in [0, 0.1) is 0 Å². The lowest BCUT2D eigenvalue weighted by Crippen LogP contribution is -2.35. The first-order valence-corrected chi connectivity index (χ1v) is 4.46. The number of nitrogens with one attached hydrogen (secondary N) is 1. The second-order valence-corrected chi connectivity index (χ2v) is 3.92. The Morgan fingerprint density at radius 2 is 2.22 bits per heavy atom. The maximum Gasteiger partial charge on any atom is 0.225 e. The lowest BCUT2D eigenvalue weighted by Gasteiger charge is -2.04. The molecule has 54 valence electrons. The van der Waals surface area contributed by atoms with Gasteiger partial charge in [-0.15, -0.1) is 0 Å². The Morgan fingerprint density at radius 3 is 2.44 bits per heavy atom. The number of hydrogen-bond acceptors (Lipinski definition) is 3. The molecule has 1 fully saturated rings. The van der Waals surface area contributed by atoms with Crippen LogP contribution < -0.4 is 10.5 Å². The van der Waals surface area contributed by atoms with Crippen LogP contribution in [0.3, 0.4) is 0 Å². The Morgan fingerprint density at radius 1 is 1.56 bits per heavy atom. The van der Waals surface area contributed by atoms with Crippen molar-refractivity contribution in [3.63, 3.8) is 0 Å². The highest BCUT2D eigenvalue weighted by atomic mass is 32.2. The number of primary sulfonamides is 1. The summed E-state index contributed by atoms with van der Waals surface area (Å²) in [5.41, 5.74) is 0. The first-order chi connectivity index (χ1) is 4.11. The summed E-state index contributed by atoms with van der Waals surface area (Å²) < 4.78 is 21.1. The Labute approximate surface area is 54.5 Å². The normalized spacial score (nSPS) is 28.8. The highest BCUT2D eigenvalue weighted by Crippen LogP contribution is 2.07. The van der Waals surface area contributed by atoms with Crippen LogP contribution in [-0.4, -0.2) is 20.3 Å². The number of hydrogen-bond donors (Lipinski definition) is 2. The molecule has 1 aliphatic heterocycles. The molecule has 1 atom stereocenters. The minimum Gasteiger partial charge on any atom is -0.300 e. The van der Waals surface area contributed by atoms with Crippen molar-refractivity contribution in [1.82, 2.24) is 5.32 Å². The summed E-state index contributed by atoms with van der Waals surface area (Å²) in [4.78, 5) is 0. The van der Waals surface area contributed by atoms with Gasteiger partial charge >= 0.3 is 0 Å². The van der Waals surface area contributed by atoms with E-state index in [9.17, 15) is 8.42 Å². The van der Waals surface area contributed by atoms with Gasteiger partial charge in [0.1, 0.15) is 5.37 Å². The van der Waals surface area contributed by atoms with Crippen molar-refractivity contribution in [2.45, 2.75) is 18.2 Å². The zero-order valence-corrected chi connectivity index (χ0v) is 5.82. The van der Waals surface area contributed by atoms with E-state index in [0.717, 1.165) is 13.0 Å². The fourth-order valence-corrected chi connectivity index (χ4v) is 1.78. The van der Waals surface area contributed by atoms with Crippen LogP contribution in [0.1, 0.15) is 12.8 Å². The Hall–Kier alpha value is -0.130. The van der Waals surface area contributed by atoms with Crippen LogP contribution in [0.5, 0.6) is 0 Å². The topological polar surface area (TPSA) is 72.2 Å². The minimum atomic E-state index is -3.31. The summed E-state index contributed by atoms with van der Waals surface area (Å²) in [7, 11) is -3.31. The largest absolute Gasteiger partial charge is 0.300 e. The average Bonchev–Trinajstić information content (AvgIpc) is 2.08. The predicted molar refractivity (Wildman–Crippen MR) is 34.1 cm³/mol. The van der Waals surface area contributed by atoms with Crippen LogP contribution >= 0.6 is 0 Å². The molecule has 1 saturated heterocycles. The average molecular weight is 150 g/mol. The molecule has 0 radical (unpaired) electrons. The molecule has 0 spiro atoms. The quantitative estimate of drug-likeness (QED) is 0.503. The highest BCUT2D eigenvalue weighted by Gasteiger charge is 2.23. The Bertz CT molecular complexity index is 181. The summed E-state index contributed by atoms with van der Waals surface area (Å²) in [6.45, 7) is 0.765. The van der Waals surface area contributed by atoms with Gasteiger partial charge < -0.3 is 5.32 Å². The molecule has 0 aromatic heterocycles. The number of nitrogens with two attached hydrogens (primary N) is 1. The lowest BCUT2D eigenvalue weighted by molar-refractivity contribution is 0.573. The van der Waals surface area contributed by atoms with Gasteiger partial charge in [-0.05, 0) is 19.4 Å². The standard InChI is InChI=1S/C4H10N2O2S/c5-9(7,8)4-2-1-3-6-4/h4,6H,1-3H2,(H2,5,7,8)/t4-/m1/s1. The van der Waals surface area contributed by atoms with Crippen molar-refractivity contribution in [1.29, 1.82) is 0 Å². The molecule has 9 heavy (non-hydrogen) atoms. The molecule has 0 aromatic rings. The fourth-order valence-electron chi connectivity index (χ4n) is 0.933. The Balaban J connectivity index is 2.63. The van der Waals surface area contributed by atoms with E-state index in [4.69, 9.17) is 5.14 Å². The van der Waals surface area contributed by atoms with Crippen molar-refractivity contribution in [2.24, 2.45) is 5.14 Å². The van der Waals surface area contributed by atoms with Gasteiger partial charge in [0, 0.05) is 0 Å². The van der Waals surface area contributed by atoms with Crippen LogP contribution in [0.4, 0.5) is 0 Å². The van der Waals surface area contributed by atoms with E-state index < -0.39 is 15.4 Å². The van der Waals surface area contributed by atoms with Gasteiger partial charge in [-0.25, -0.2) is 13.6 Å². The van der Waals surface area contributed by atoms with E-state index in [1.807, 2.05) is 0 Å². The van der Waals surface area contributed by atoms with Crippen LogP contribution in [0.2, 0.25) is 0 Å². The predicted octanol–water partition coefficient (Wildman–Crippen LogP) is -1.02. The van der Waals surface area contributed by atoms with E-state index in [-0.39, 0.29) is 0 Å². The summed E-state index contributed by atoms with van der Waals surface area (Å²) in [6, 6.07) is 0. The van der Waals surface area contributed by atoms with Crippen LogP contribution in [0.15, 0.2) is 0 Å². The van der Waals surface area contributed by atoms with Gasteiger partial charge in [0.05, 0.1) is 0 Å². The van der Waals surface area contributed by atoms with Gasteiger partial charge in [-0.2, -0.15) is 0 Å². The van der Waals surface area contributed by atoms with E-state index >= 15 is 0 Å². The van der Waals surface area contributed by atoms with E-state index in [1.165, 1.54) is 0 Å². The fraction of sp³-hybridized carbons (Fsp3) is 1.00. The molecular formula is C4H10N2O2S. The smallest absolute Gasteiger partial charge is 0.225 e. The number of sulfonamides is 1. The van der Waals surface area contributed by atoms with Gasteiger partial charge in [0.15, 0.2) is 0 Å². The maximum absolute atomic E-state index is 10.5.